The Bertz CT molecular complexity index is 202. The minimum Gasteiger partial charge on any atom is -0.359 e. The highest BCUT2D eigenvalue weighted by molar-refractivity contribution is 5.92. The first-order chi connectivity index (χ1) is 7.11. The minimum atomic E-state index is -0.161. The van der Waals surface area contributed by atoms with Crippen molar-refractivity contribution in [3.8, 4) is 0 Å². The zero-order valence-electron chi connectivity index (χ0n) is 10.1. The number of unbranched alkanes of at least 4 members (excludes halogenated alkanes) is 2. The third kappa shape index (κ3) is 7.14. The van der Waals surface area contributed by atoms with Crippen LogP contribution in [0.1, 0.15) is 46.5 Å². The van der Waals surface area contributed by atoms with Gasteiger partial charge in [0.15, 0.2) is 0 Å². The lowest BCUT2D eigenvalue weighted by Crippen LogP contribution is -2.37. The largest absolute Gasteiger partial charge is 0.359 e. The lowest BCUT2D eigenvalue weighted by Gasteiger charge is -2.18. The molecule has 15 heavy (non-hydrogen) atoms. The second-order valence-corrected chi connectivity index (χ2v) is 3.69. The number of nitrogens with one attached hydrogen (secondary N) is 1. The fraction of sp³-hybridized carbons (Fsp3) is 0.750. The number of carbonyl (C=O) groups is 1. The molecule has 3 heteroatoms. The first kappa shape index (κ1) is 14.2. The molecule has 0 rings (SSSR count). The third-order valence-electron chi connectivity index (χ3n) is 2.12. The Kier molecular flexibility index (Phi) is 8.01. The van der Waals surface area contributed by atoms with Crippen molar-refractivity contribution in [1.82, 2.24) is 5.32 Å². The molecule has 88 valence electrons. The van der Waals surface area contributed by atoms with E-state index in [1.54, 1.807) is 6.92 Å². The van der Waals surface area contributed by atoms with Crippen molar-refractivity contribution < 1.29 is 9.53 Å². The van der Waals surface area contributed by atoms with Gasteiger partial charge in [-0.3, -0.25) is 4.79 Å². The van der Waals surface area contributed by atoms with Crippen LogP contribution < -0.4 is 5.32 Å². The summed E-state index contributed by atoms with van der Waals surface area (Å²) >= 11 is 0. The fourth-order valence-corrected chi connectivity index (χ4v) is 1.25. The van der Waals surface area contributed by atoms with Crippen molar-refractivity contribution in [3.63, 3.8) is 0 Å². The highest BCUT2D eigenvalue weighted by Gasteiger charge is 2.11. The van der Waals surface area contributed by atoms with Gasteiger partial charge >= 0.3 is 0 Å². The standard InChI is InChI=1S/C12H23NO2/c1-5-7-8-9-11(15-6-2)13-12(14)10(3)4/h11H,3,5-9H2,1-2,4H3,(H,13,14). The molecular formula is C12H23NO2. The van der Waals surface area contributed by atoms with Gasteiger partial charge in [0.05, 0.1) is 0 Å². The fourth-order valence-electron chi connectivity index (χ4n) is 1.25. The molecule has 0 radical (unpaired) electrons. The minimum absolute atomic E-state index is 0.120. The molecule has 0 aliphatic heterocycles. The van der Waals surface area contributed by atoms with Crippen LogP contribution in [-0.4, -0.2) is 18.7 Å². The average Bonchev–Trinajstić information content (AvgIpc) is 2.18. The van der Waals surface area contributed by atoms with Crippen LogP contribution in [0.15, 0.2) is 12.2 Å². The molecular weight excluding hydrogens is 190 g/mol. The summed E-state index contributed by atoms with van der Waals surface area (Å²) in [4.78, 5) is 11.4. The van der Waals surface area contributed by atoms with Gasteiger partial charge in [-0.2, -0.15) is 0 Å². The predicted octanol–water partition coefficient (Wildman–Crippen LogP) is 2.62. The average molecular weight is 213 g/mol. The van der Waals surface area contributed by atoms with Gasteiger partial charge in [-0.15, -0.1) is 0 Å². The number of rotatable bonds is 8. The second-order valence-electron chi connectivity index (χ2n) is 3.69. The van der Waals surface area contributed by atoms with Crippen LogP contribution in [0.4, 0.5) is 0 Å². The maximum Gasteiger partial charge on any atom is 0.248 e. The van der Waals surface area contributed by atoms with Gasteiger partial charge in [-0.05, 0) is 26.7 Å². The second kappa shape index (κ2) is 8.48. The van der Waals surface area contributed by atoms with Crippen LogP contribution >= 0.6 is 0 Å². The van der Waals surface area contributed by atoms with E-state index >= 15 is 0 Å². The first-order valence-corrected chi connectivity index (χ1v) is 5.69. The number of carbonyl (C=O) groups excluding carboxylic acids is 1. The summed E-state index contributed by atoms with van der Waals surface area (Å²) < 4.78 is 5.44. The van der Waals surface area contributed by atoms with Gasteiger partial charge in [-0.1, -0.05) is 26.3 Å². The third-order valence-corrected chi connectivity index (χ3v) is 2.12. The number of hydrogen-bond acceptors (Lipinski definition) is 2. The van der Waals surface area contributed by atoms with Gasteiger partial charge in [0.25, 0.3) is 0 Å². The Morgan fingerprint density at radius 3 is 2.53 bits per heavy atom. The van der Waals surface area contributed by atoms with Crippen molar-refractivity contribution in [3.05, 3.63) is 12.2 Å². The first-order valence-electron chi connectivity index (χ1n) is 5.69. The van der Waals surface area contributed by atoms with E-state index in [-0.39, 0.29) is 12.1 Å². The Morgan fingerprint density at radius 2 is 2.07 bits per heavy atom. The van der Waals surface area contributed by atoms with Crippen LogP contribution in [0.3, 0.4) is 0 Å². The summed E-state index contributed by atoms with van der Waals surface area (Å²) in [6.45, 7) is 10.00. The van der Waals surface area contributed by atoms with E-state index in [0.29, 0.717) is 12.2 Å². The summed E-state index contributed by atoms with van der Waals surface area (Å²) in [6.07, 6.45) is 4.14. The predicted molar refractivity (Wildman–Crippen MR) is 62.5 cm³/mol. The number of ether oxygens (including phenoxy) is 1. The Balaban J connectivity index is 3.91. The molecule has 0 aliphatic carbocycles. The van der Waals surface area contributed by atoms with Gasteiger partial charge < -0.3 is 10.1 Å². The van der Waals surface area contributed by atoms with Gasteiger partial charge in [-0.25, -0.2) is 0 Å². The quantitative estimate of drug-likeness (QED) is 0.382. The lowest BCUT2D eigenvalue weighted by molar-refractivity contribution is -0.121. The van der Waals surface area contributed by atoms with Crippen LogP contribution in [0.2, 0.25) is 0 Å². The molecule has 1 N–H and O–H groups in total. The Morgan fingerprint density at radius 1 is 1.40 bits per heavy atom. The van der Waals surface area contributed by atoms with Crippen LogP contribution in [0.25, 0.3) is 0 Å². The molecule has 0 fully saturated rings. The van der Waals surface area contributed by atoms with Crippen molar-refractivity contribution >= 4 is 5.91 Å². The molecule has 3 nitrogen and oxygen atoms in total. The molecule has 0 spiro atoms. The number of hydrogen-bond donors (Lipinski definition) is 1. The SMILES string of the molecule is C=C(C)C(=O)NC(CCCCC)OCC. The number of amides is 1. The van der Waals surface area contributed by atoms with Gasteiger partial charge in [0, 0.05) is 12.2 Å². The van der Waals surface area contributed by atoms with Crippen molar-refractivity contribution in [2.45, 2.75) is 52.7 Å². The van der Waals surface area contributed by atoms with Crippen molar-refractivity contribution in [1.29, 1.82) is 0 Å². The lowest BCUT2D eigenvalue weighted by atomic mass is 10.2. The van der Waals surface area contributed by atoms with Crippen LogP contribution in [0.5, 0.6) is 0 Å². The molecule has 0 saturated carbocycles. The molecule has 0 aromatic rings. The normalized spacial score (nSPS) is 12.2. The molecule has 1 unspecified atom stereocenters. The summed E-state index contributed by atoms with van der Waals surface area (Å²) in [6, 6.07) is 0. The van der Waals surface area contributed by atoms with Crippen LogP contribution in [0, 0.1) is 0 Å². The molecule has 0 saturated heterocycles. The van der Waals surface area contributed by atoms with Gasteiger partial charge in [0.2, 0.25) is 5.91 Å². The van der Waals surface area contributed by atoms with E-state index in [9.17, 15) is 4.79 Å². The topological polar surface area (TPSA) is 38.3 Å². The molecule has 1 amide bonds. The molecule has 1 atom stereocenters. The van der Waals surface area contributed by atoms with E-state index in [4.69, 9.17) is 4.74 Å². The Hall–Kier alpha value is -0.830. The van der Waals surface area contributed by atoms with Crippen molar-refractivity contribution in [2.75, 3.05) is 6.61 Å². The molecule has 0 aliphatic rings. The molecule has 0 aromatic carbocycles. The molecule has 0 aromatic heterocycles. The van der Waals surface area contributed by atoms with E-state index < -0.39 is 0 Å². The summed E-state index contributed by atoms with van der Waals surface area (Å²) in [5, 5.41) is 2.82. The summed E-state index contributed by atoms with van der Waals surface area (Å²) in [7, 11) is 0. The zero-order chi connectivity index (χ0) is 11.7. The highest BCUT2D eigenvalue weighted by atomic mass is 16.5. The van der Waals surface area contributed by atoms with Gasteiger partial charge in [0.1, 0.15) is 6.23 Å². The van der Waals surface area contributed by atoms with Crippen LogP contribution in [-0.2, 0) is 9.53 Å². The highest BCUT2D eigenvalue weighted by Crippen LogP contribution is 2.05. The zero-order valence-corrected chi connectivity index (χ0v) is 10.1. The van der Waals surface area contributed by atoms with E-state index in [0.717, 1.165) is 12.8 Å². The smallest absolute Gasteiger partial charge is 0.248 e. The molecule has 0 heterocycles. The van der Waals surface area contributed by atoms with E-state index in [1.807, 2.05) is 6.92 Å². The summed E-state index contributed by atoms with van der Waals surface area (Å²) in [5.74, 6) is -0.120. The molecule has 0 bridgehead atoms. The maximum absolute atomic E-state index is 11.4. The van der Waals surface area contributed by atoms with E-state index in [1.165, 1.54) is 12.8 Å². The Labute approximate surface area is 92.9 Å². The monoisotopic (exact) mass is 213 g/mol. The summed E-state index contributed by atoms with van der Waals surface area (Å²) in [5.41, 5.74) is 0.523. The van der Waals surface area contributed by atoms with E-state index in [2.05, 4.69) is 18.8 Å². The van der Waals surface area contributed by atoms with Crippen molar-refractivity contribution in [2.24, 2.45) is 0 Å². The maximum atomic E-state index is 11.4.